The van der Waals surface area contributed by atoms with Crippen LogP contribution in [0.2, 0.25) is 10.0 Å². The molecule has 0 aliphatic carbocycles. The van der Waals surface area contributed by atoms with Gasteiger partial charge in [-0.05, 0) is 24.1 Å². The van der Waals surface area contributed by atoms with Crippen LogP contribution in [0.1, 0.15) is 5.56 Å². The summed E-state index contributed by atoms with van der Waals surface area (Å²) in [6.45, 7) is 0. The van der Waals surface area contributed by atoms with E-state index in [4.69, 9.17) is 33.4 Å². The van der Waals surface area contributed by atoms with Gasteiger partial charge in [0.1, 0.15) is 0 Å². The zero-order valence-electron chi connectivity index (χ0n) is 12.6. The summed E-state index contributed by atoms with van der Waals surface area (Å²) in [6, 6.07) is 3.70. The maximum Gasteiger partial charge on any atom is 0.340 e. The van der Waals surface area contributed by atoms with Crippen molar-refractivity contribution in [1.29, 1.82) is 0 Å². The summed E-state index contributed by atoms with van der Waals surface area (Å²) in [4.78, 5) is 60.0. The zero-order chi connectivity index (χ0) is 20.4. The van der Waals surface area contributed by atoms with Gasteiger partial charge in [-0.1, -0.05) is 29.3 Å². The molecule has 0 fully saturated rings. The minimum absolute atomic E-state index is 0.0194. The van der Waals surface area contributed by atoms with E-state index in [1.54, 1.807) is 0 Å². The van der Waals surface area contributed by atoms with Crippen molar-refractivity contribution in [3.8, 4) is 0 Å². The van der Waals surface area contributed by atoms with Crippen LogP contribution in [0, 0.1) is 5.92 Å². The molecule has 14 heteroatoms. The standard InChI is InChI=1S/C12H14Cl2O10P2/c13-7-2-1-5(4-8(7)14)3-6(9(11(15)16)25(19,20)21)10(12(17)18)26(22,23)24/h1-2,4,6,9-10H,3H2,(H,15,16)(H,17,18)(H2,19,20,21)(H2,22,23,24). The van der Waals surface area contributed by atoms with Crippen molar-refractivity contribution in [2.75, 3.05) is 0 Å². The second-order valence-corrected chi connectivity index (χ2v) is 9.64. The number of hydrogen-bond donors (Lipinski definition) is 6. The van der Waals surface area contributed by atoms with Crippen molar-refractivity contribution in [2.24, 2.45) is 5.92 Å². The van der Waals surface area contributed by atoms with Gasteiger partial charge in [0, 0.05) is 5.92 Å². The summed E-state index contributed by atoms with van der Waals surface area (Å²) in [7, 11) is -10.9. The zero-order valence-corrected chi connectivity index (χ0v) is 15.9. The quantitative estimate of drug-likeness (QED) is 0.315. The fourth-order valence-electron chi connectivity index (χ4n) is 2.49. The van der Waals surface area contributed by atoms with Crippen LogP contribution in [-0.2, 0) is 25.1 Å². The normalized spacial score (nSPS) is 15.9. The van der Waals surface area contributed by atoms with Crippen LogP contribution in [0.5, 0.6) is 0 Å². The molecule has 2 unspecified atom stereocenters. The Morgan fingerprint density at radius 2 is 1.31 bits per heavy atom. The van der Waals surface area contributed by atoms with Crippen LogP contribution in [0.3, 0.4) is 0 Å². The third-order valence-corrected chi connectivity index (χ3v) is 6.89. The van der Waals surface area contributed by atoms with E-state index in [9.17, 15) is 38.3 Å². The van der Waals surface area contributed by atoms with Gasteiger partial charge in [0.25, 0.3) is 0 Å². The Labute approximate surface area is 156 Å². The molecule has 0 bridgehead atoms. The number of halogens is 2. The first kappa shape index (κ1) is 23.1. The Morgan fingerprint density at radius 3 is 1.62 bits per heavy atom. The van der Waals surface area contributed by atoms with E-state index < -0.39 is 50.8 Å². The van der Waals surface area contributed by atoms with Gasteiger partial charge in [-0.3, -0.25) is 18.7 Å². The molecule has 0 aliphatic rings. The highest BCUT2D eigenvalue weighted by Crippen LogP contribution is 2.54. The number of carboxylic acids is 2. The predicted molar refractivity (Wildman–Crippen MR) is 90.6 cm³/mol. The first-order chi connectivity index (χ1) is 11.7. The number of aliphatic carboxylic acids is 2. The Balaban J connectivity index is 3.56. The molecule has 0 saturated heterocycles. The van der Waals surface area contributed by atoms with Gasteiger partial charge in [-0.25, -0.2) is 0 Å². The van der Waals surface area contributed by atoms with Crippen molar-refractivity contribution in [3.05, 3.63) is 33.8 Å². The maximum absolute atomic E-state index is 11.6. The summed E-state index contributed by atoms with van der Waals surface area (Å²) < 4.78 is 23.2. The summed E-state index contributed by atoms with van der Waals surface area (Å²) in [5.74, 6) is -6.32. The number of rotatable bonds is 8. The van der Waals surface area contributed by atoms with Crippen LogP contribution in [0.25, 0.3) is 0 Å². The minimum atomic E-state index is -5.47. The van der Waals surface area contributed by atoms with E-state index in [0.717, 1.165) is 0 Å². The Morgan fingerprint density at radius 1 is 0.885 bits per heavy atom. The van der Waals surface area contributed by atoms with E-state index in [1.807, 2.05) is 0 Å². The topological polar surface area (TPSA) is 190 Å². The molecule has 146 valence electrons. The largest absolute Gasteiger partial charge is 0.481 e. The summed E-state index contributed by atoms with van der Waals surface area (Å²) >= 11 is 11.5. The van der Waals surface area contributed by atoms with E-state index in [1.165, 1.54) is 18.2 Å². The highest BCUT2D eigenvalue weighted by atomic mass is 35.5. The molecule has 0 amide bonds. The fourth-order valence-corrected chi connectivity index (χ4v) is 5.07. The second kappa shape index (κ2) is 8.37. The van der Waals surface area contributed by atoms with Gasteiger partial charge in [0.05, 0.1) is 10.0 Å². The average Bonchev–Trinajstić information content (AvgIpc) is 2.38. The number of carbonyl (C=O) groups is 2. The summed E-state index contributed by atoms with van der Waals surface area (Å²) in [5.41, 5.74) is -5.24. The maximum atomic E-state index is 11.6. The summed E-state index contributed by atoms with van der Waals surface area (Å²) in [5, 5.41) is 18.4. The van der Waals surface area contributed by atoms with Gasteiger partial charge in [0.15, 0.2) is 11.3 Å². The highest BCUT2D eigenvalue weighted by molar-refractivity contribution is 7.55. The van der Waals surface area contributed by atoms with E-state index >= 15 is 0 Å². The number of benzene rings is 1. The minimum Gasteiger partial charge on any atom is -0.481 e. The van der Waals surface area contributed by atoms with Crippen LogP contribution in [0.4, 0.5) is 0 Å². The SMILES string of the molecule is O=C(O)C(C(Cc1ccc(Cl)c(Cl)c1)C(C(=O)O)P(=O)(O)O)P(=O)(O)O. The average molecular weight is 451 g/mol. The molecule has 2 atom stereocenters. The molecular formula is C12H14Cl2O10P2. The molecule has 0 aliphatic heterocycles. The lowest BCUT2D eigenvalue weighted by Crippen LogP contribution is -2.42. The smallest absolute Gasteiger partial charge is 0.340 e. The predicted octanol–water partition coefficient (Wildman–Crippen LogP) is 1.41. The molecular weight excluding hydrogens is 437 g/mol. The first-order valence-corrected chi connectivity index (χ1v) is 10.8. The molecule has 0 radical (unpaired) electrons. The van der Waals surface area contributed by atoms with Gasteiger partial charge >= 0.3 is 27.1 Å². The first-order valence-electron chi connectivity index (χ1n) is 6.66. The van der Waals surface area contributed by atoms with E-state index in [2.05, 4.69) is 0 Å². The molecule has 0 spiro atoms. The van der Waals surface area contributed by atoms with Crippen molar-refractivity contribution in [3.63, 3.8) is 0 Å². The van der Waals surface area contributed by atoms with Crippen LogP contribution in [0.15, 0.2) is 18.2 Å². The molecule has 6 N–H and O–H groups in total. The van der Waals surface area contributed by atoms with Crippen molar-refractivity contribution in [1.82, 2.24) is 0 Å². The molecule has 0 saturated carbocycles. The van der Waals surface area contributed by atoms with Crippen molar-refractivity contribution >= 4 is 50.3 Å². The molecule has 1 aromatic carbocycles. The third kappa shape index (κ3) is 5.77. The fraction of sp³-hybridized carbons (Fsp3) is 0.333. The molecule has 0 heterocycles. The second-order valence-electron chi connectivity index (χ2n) is 5.36. The summed E-state index contributed by atoms with van der Waals surface area (Å²) in [6.07, 6.45) is -0.693. The number of carboxylic acid groups (broad SMARTS) is 2. The van der Waals surface area contributed by atoms with E-state index in [-0.39, 0.29) is 15.6 Å². The van der Waals surface area contributed by atoms with Crippen LogP contribution >= 0.6 is 38.4 Å². The van der Waals surface area contributed by atoms with Crippen molar-refractivity contribution in [2.45, 2.75) is 17.7 Å². The van der Waals surface area contributed by atoms with Crippen LogP contribution < -0.4 is 0 Å². The van der Waals surface area contributed by atoms with Crippen LogP contribution in [-0.4, -0.2) is 53.0 Å². The van der Waals surface area contributed by atoms with E-state index in [0.29, 0.717) is 0 Å². The van der Waals surface area contributed by atoms with Crippen molar-refractivity contribution < 1.29 is 48.5 Å². The molecule has 0 aromatic heterocycles. The third-order valence-electron chi connectivity index (χ3n) is 3.50. The monoisotopic (exact) mass is 450 g/mol. The lowest BCUT2D eigenvalue weighted by atomic mass is 9.92. The van der Waals surface area contributed by atoms with Gasteiger partial charge < -0.3 is 29.8 Å². The molecule has 1 rings (SSSR count). The Kier molecular flexibility index (Phi) is 7.43. The Bertz CT molecular complexity index is 761. The van der Waals surface area contributed by atoms with Gasteiger partial charge in [0.2, 0.25) is 0 Å². The molecule has 26 heavy (non-hydrogen) atoms. The Hall–Kier alpha value is -0.960. The molecule has 10 nitrogen and oxygen atoms in total. The number of hydrogen-bond acceptors (Lipinski definition) is 4. The molecule has 1 aromatic rings. The lowest BCUT2D eigenvalue weighted by molar-refractivity contribution is -0.140. The van der Waals surface area contributed by atoms with Gasteiger partial charge in [-0.2, -0.15) is 0 Å². The lowest BCUT2D eigenvalue weighted by Gasteiger charge is -2.30. The highest BCUT2D eigenvalue weighted by Gasteiger charge is 2.53. The van der Waals surface area contributed by atoms with Gasteiger partial charge in [-0.15, -0.1) is 0 Å².